The van der Waals surface area contributed by atoms with Crippen LogP contribution in [0.1, 0.15) is 29.8 Å². The first-order valence-corrected chi connectivity index (χ1v) is 7.19. The quantitative estimate of drug-likeness (QED) is 0.805. The van der Waals surface area contributed by atoms with Crippen molar-refractivity contribution in [1.82, 2.24) is 10.2 Å². The van der Waals surface area contributed by atoms with Crippen LogP contribution >= 0.6 is 12.2 Å². The van der Waals surface area contributed by atoms with E-state index in [1.165, 1.54) is 0 Å². The molecule has 1 saturated heterocycles. The van der Waals surface area contributed by atoms with E-state index in [2.05, 4.69) is 5.32 Å². The molecule has 0 unspecified atom stereocenters. The van der Waals surface area contributed by atoms with Crippen LogP contribution < -0.4 is 5.32 Å². The predicted molar refractivity (Wildman–Crippen MR) is 82.8 cm³/mol. The van der Waals surface area contributed by atoms with Crippen molar-refractivity contribution in [3.8, 4) is 0 Å². The molecule has 0 saturated carbocycles. The number of rotatable bonds is 1. The average molecular weight is 292 g/mol. The molecule has 1 aromatic rings. The van der Waals surface area contributed by atoms with Crippen LogP contribution in [0, 0.1) is 6.92 Å². The van der Waals surface area contributed by atoms with Gasteiger partial charge in [0, 0.05) is 18.7 Å². The van der Waals surface area contributed by atoms with E-state index < -0.39 is 0 Å². The summed E-state index contributed by atoms with van der Waals surface area (Å²) in [6.45, 7) is 7.34. The molecule has 1 aliphatic heterocycles. The minimum absolute atomic E-state index is 0.118. The first-order chi connectivity index (χ1) is 9.47. The molecule has 0 aromatic heterocycles. The van der Waals surface area contributed by atoms with Gasteiger partial charge in [-0.05, 0) is 44.6 Å². The summed E-state index contributed by atoms with van der Waals surface area (Å²) in [5.74, 6) is -0.153. The monoisotopic (exact) mass is 292 g/mol. The zero-order valence-corrected chi connectivity index (χ0v) is 12.9. The van der Waals surface area contributed by atoms with Gasteiger partial charge in [0.15, 0.2) is 5.11 Å². The number of morpholine rings is 1. The fraction of sp³-hybridized carbons (Fsp3) is 0.467. The Hall–Kier alpha value is -1.46. The van der Waals surface area contributed by atoms with Gasteiger partial charge in [-0.3, -0.25) is 10.1 Å². The molecule has 0 spiro atoms. The maximum absolute atomic E-state index is 12.2. The van der Waals surface area contributed by atoms with Crippen LogP contribution in [0.2, 0.25) is 0 Å². The standard InChI is InChI=1S/C15H20N2O2S/c1-10-6-4-5-7-13(10)14(18)16-15(20)17-8-11(2)19-12(3)9-17/h4-7,11-12H,8-9H2,1-3H3,(H,16,18,20)/t11-,12+. The van der Waals surface area contributed by atoms with Crippen LogP contribution in [-0.2, 0) is 4.74 Å². The van der Waals surface area contributed by atoms with Gasteiger partial charge in [0.05, 0.1) is 12.2 Å². The van der Waals surface area contributed by atoms with E-state index in [1.807, 2.05) is 43.9 Å². The second-order valence-electron chi connectivity index (χ2n) is 5.24. The van der Waals surface area contributed by atoms with Crippen LogP contribution in [0.4, 0.5) is 0 Å². The van der Waals surface area contributed by atoms with Crippen molar-refractivity contribution in [3.05, 3.63) is 35.4 Å². The van der Waals surface area contributed by atoms with Crippen LogP contribution in [0.5, 0.6) is 0 Å². The van der Waals surface area contributed by atoms with Crippen LogP contribution in [0.25, 0.3) is 0 Å². The second kappa shape index (κ2) is 6.33. The highest BCUT2D eigenvalue weighted by atomic mass is 32.1. The van der Waals surface area contributed by atoms with Crippen molar-refractivity contribution in [2.75, 3.05) is 13.1 Å². The summed E-state index contributed by atoms with van der Waals surface area (Å²) in [7, 11) is 0. The molecule has 0 bridgehead atoms. The zero-order valence-electron chi connectivity index (χ0n) is 12.1. The van der Waals surface area contributed by atoms with E-state index in [0.29, 0.717) is 23.8 Å². The summed E-state index contributed by atoms with van der Waals surface area (Å²) in [5.41, 5.74) is 1.60. The number of hydrogen-bond donors (Lipinski definition) is 1. The SMILES string of the molecule is Cc1ccccc1C(=O)NC(=S)N1C[C@@H](C)O[C@@H](C)C1. The van der Waals surface area contributed by atoms with Gasteiger partial charge in [-0.2, -0.15) is 0 Å². The summed E-state index contributed by atoms with van der Waals surface area (Å²) in [6, 6.07) is 7.48. The third kappa shape index (κ3) is 3.55. The Balaban J connectivity index is 2.01. The van der Waals surface area contributed by atoms with Crippen LogP contribution in [-0.4, -0.2) is 41.2 Å². The maximum Gasteiger partial charge on any atom is 0.257 e. The van der Waals surface area contributed by atoms with Crippen molar-refractivity contribution in [2.24, 2.45) is 0 Å². The van der Waals surface area contributed by atoms with Gasteiger partial charge in [0.1, 0.15) is 0 Å². The Kier molecular flexibility index (Phi) is 4.73. The molecule has 2 atom stereocenters. The van der Waals surface area contributed by atoms with Gasteiger partial charge in [-0.25, -0.2) is 0 Å². The van der Waals surface area contributed by atoms with Crippen molar-refractivity contribution >= 4 is 23.2 Å². The van der Waals surface area contributed by atoms with Crippen molar-refractivity contribution in [1.29, 1.82) is 0 Å². The van der Waals surface area contributed by atoms with Gasteiger partial charge in [-0.1, -0.05) is 18.2 Å². The summed E-state index contributed by atoms with van der Waals surface area (Å²) in [5, 5.41) is 3.28. The molecule has 4 nitrogen and oxygen atoms in total. The summed E-state index contributed by atoms with van der Waals surface area (Å²) >= 11 is 5.34. The molecule has 108 valence electrons. The summed E-state index contributed by atoms with van der Waals surface area (Å²) in [4.78, 5) is 14.2. The van der Waals surface area contributed by atoms with Gasteiger partial charge in [-0.15, -0.1) is 0 Å². The molecule has 5 heteroatoms. The Labute approximate surface area is 125 Å². The number of nitrogens with zero attached hydrogens (tertiary/aromatic N) is 1. The molecule has 1 fully saturated rings. The van der Waals surface area contributed by atoms with Crippen molar-refractivity contribution in [3.63, 3.8) is 0 Å². The highest BCUT2D eigenvalue weighted by Gasteiger charge is 2.25. The van der Waals surface area contributed by atoms with Crippen LogP contribution in [0.3, 0.4) is 0 Å². The van der Waals surface area contributed by atoms with E-state index in [9.17, 15) is 4.79 Å². The normalized spacial score (nSPS) is 22.4. The minimum Gasteiger partial charge on any atom is -0.372 e. The zero-order chi connectivity index (χ0) is 14.7. The molecule has 1 aromatic carbocycles. The average Bonchev–Trinajstić information content (AvgIpc) is 2.37. The minimum atomic E-state index is -0.153. The number of amides is 1. The lowest BCUT2D eigenvalue weighted by Crippen LogP contribution is -2.52. The lowest BCUT2D eigenvalue weighted by Gasteiger charge is -2.36. The fourth-order valence-corrected chi connectivity index (χ4v) is 2.66. The van der Waals surface area contributed by atoms with E-state index in [0.717, 1.165) is 5.56 Å². The number of thiocarbonyl (C=S) groups is 1. The van der Waals surface area contributed by atoms with E-state index >= 15 is 0 Å². The number of benzene rings is 1. The van der Waals surface area contributed by atoms with Gasteiger partial charge < -0.3 is 9.64 Å². The number of carbonyl (C=O) groups excluding carboxylic acids is 1. The largest absolute Gasteiger partial charge is 0.372 e. The van der Waals surface area contributed by atoms with Crippen molar-refractivity contribution < 1.29 is 9.53 Å². The molecule has 0 radical (unpaired) electrons. The summed E-state index contributed by atoms with van der Waals surface area (Å²) in [6.07, 6.45) is 0.235. The number of ether oxygens (including phenoxy) is 1. The Morgan fingerprint density at radius 2 is 1.90 bits per heavy atom. The van der Waals surface area contributed by atoms with E-state index in [4.69, 9.17) is 17.0 Å². The molecule has 1 amide bonds. The Bertz CT molecular complexity index is 508. The molecular formula is C15H20N2O2S. The van der Waals surface area contributed by atoms with E-state index in [-0.39, 0.29) is 18.1 Å². The third-order valence-corrected chi connectivity index (χ3v) is 3.68. The molecule has 1 aliphatic rings. The molecule has 0 aliphatic carbocycles. The third-order valence-electron chi connectivity index (χ3n) is 3.32. The molecular weight excluding hydrogens is 272 g/mol. The number of nitrogens with one attached hydrogen (secondary N) is 1. The first-order valence-electron chi connectivity index (χ1n) is 6.78. The van der Waals surface area contributed by atoms with E-state index in [1.54, 1.807) is 6.07 Å². The van der Waals surface area contributed by atoms with Gasteiger partial charge >= 0.3 is 0 Å². The lowest BCUT2D eigenvalue weighted by molar-refractivity contribution is -0.0481. The summed E-state index contributed by atoms with van der Waals surface area (Å²) < 4.78 is 5.66. The molecule has 1 heterocycles. The molecule has 1 N–H and O–H groups in total. The lowest BCUT2D eigenvalue weighted by atomic mass is 10.1. The Morgan fingerprint density at radius 1 is 1.30 bits per heavy atom. The topological polar surface area (TPSA) is 41.6 Å². The highest BCUT2D eigenvalue weighted by molar-refractivity contribution is 7.80. The van der Waals surface area contributed by atoms with Gasteiger partial charge in [0.2, 0.25) is 0 Å². The fourth-order valence-electron chi connectivity index (χ4n) is 2.41. The maximum atomic E-state index is 12.2. The smallest absolute Gasteiger partial charge is 0.257 e. The number of hydrogen-bond acceptors (Lipinski definition) is 3. The molecule has 20 heavy (non-hydrogen) atoms. The predicted octanol–water partition coefficient (Wildman–Crippen LogP) is 2.12. The Morgan fingerprint density at radius 3 is 2.50 bits per heavy atom. The van der Waals surface area contributed by atoms with Crippen molar-refractivity contribution in [2.45, 2.75) is 33.0 Å². The molecule has 2 rings (SSSR count). The number of carbonyl (C=O) groups is 1. The van der Waals surface area contributed by atoms with Crippen LogP contribution in [0.15, 0.2) is 24.3 Å². The van der Waals surface area contributed by atoms with Gasteiger partial charge in [0.25, 0.3) is 5.91 Å². The number of aryl methyl sites for hydroxylation is 1. The second-order valence-corrected chi connectivity index (χ2v) is 5.62. The highest BCUT2D eigenvalue weighted by Crippen LogP contribution is 2.11. The first kappa shape index (κ1) is 14.9.